The smallest absolute Gasteiger partial charge is 0.303 e. The zero-order valence-electron chi connectivity index (χ0n) is 13.8. The van der Waals surface area contributed by atoms with E-state index < -0.39 is 30.3 Å². The van der Waals surface area contributed by atoms with Gasteiger partial charge in [-0.25, -0.2) is 0 Å². The predicted molar refractivity (Wildman–Crippen MR) is 82.4 cm³/mol. The van der Waals surface area contributed by atoms with Gasteiger partial charge in [-0.1, -0.05) is 12.1 Å². The zero-order valence-corrected chi connectivity index (χ0v) is 13.8. The van der Waals surface area contributed by atoms with Crippen LogP contribution < -0.4 is 4.74 Å². The van der Waals surface area contributed by atoms with Crippen LogP contribution in [0.3, 0.4) is 0 Å². The van der Waals surface area contributed by atoms with Gasteiger partial charge in [-0.3, -0.25) is 14.4 Å². The van der Waals surface area contributed by atoms with E-state index in [-0.39, 0.29) is 18.8 Å². The average Bonchev–Trinajstić information content (AvgIpc) is 2.55. The van der Waals surface area contributed by atoms with Crippen LogP contribution in [0.15, 0.2) is 24.3 Å². The Hall–Kier alpha value is -2.41. The van der Waals surface area contributed by atoms with Gasteiger partial charge < -0.3 is 18.9 Å². The third-order valence-electron chi connectivity index (χ3n) is 3.61. The molecule has 24 heavy (non-hydrogen) atoms. The van der Waals surface area contributed by atoms with Gasteiger partial charge in [0.2, 0.25) is 0 Å². The van der Waals surface area contributed by atoms with Gasteiger partial charge in [0.25, 0.3) is 0 Å². The van der Waals surface area contributed by atoms with Crippen molar-refractivity contribution in [3.8, 4) is 5.75 Å². The minimum Gasteiger partial charge on any atom is -0.497 e. The fraction of sp³-hybridized carbons (Fsp3) is 0.471. The van der Waals surface area contributed by atoms with Crippen LogP contribution in [-0.4, -0.2) is 43.6 Å². The fourth-order valence-corrected chi connectivity index (χ4v) is 2.50. The third-order valence-corrected chi connectivity index (χ3v) is 3.61. The molecule has 1 saturated heterocycles. The molecular weight excluding hydrogens is 316 g/mol. The van der Waals surface area contributed by atoms with Crippen molar-refractivity contribution >= 4 is 17.7 Å². The molecule has 1 aliphatic rings. The number of methoxy groups -OCH3 is 1. The highest BCUT2D eigenvalue weighted by Crippen LogP contribution is 2.32. The molecule has 1 fully saturated rings. The molecule has 1 aliphatic heterocycles. The quantitative estimate of drug-likeness (QED) is 0.754. The van der Waals surface area contributed by atoms with Gasteiger partial charge in [0, 0.05) is 20.3 Å². The van der Waals surface area contributed by atoms with Crippen LogP contribution >= 0.6 is 0 Å². The lowest BCUT2D eigenvalue weighted by atomic mass is 9.95. The molecular formula is C17H20O7. The SMILES string of the molecule is COc1ccc([C@@H]2CC(=O)[C@H](OC(C)=O)[C@@H](COC(C)=O)O2)cc1. The number of carbonyl (C=O) groups excluding carboxylic acids is 3. The van der Waals surface area contributed by atoms with Gasteiger partial charge in [0.05, 0.1) is 13.2 Å². The van der Waals surface area contributed by atoms with E-state index in [2.05, 4.69) is 0 Å². The molecule has 7 nitrogen and oxygen atoms in total. The standard InChI is InChI=1S/C17H20O7/c1-10(18)22-9-16-17(23-11(2)19)14(20)8-15(24-16)12-4-6-13(21-3)7-5-12/h4-7,15-17H,8-9H2,1-3H3/t15-,16+,17-/m0/s1. The zero-order chi connectivity index (χ0) is 17.7. The summed E-state index contributed by atoms with van der Waals surface area (Å²) in [6.07, 6.45) is -2.35. The molecule has 0 unspecified atom stereocenters. The van der Waals surface area contributed by atoms with E-state index in [1.165, 1.54) is 13.8 Å². The summed E-state index contributed by atoms with van der Waals surface area (Å²) in [5, 5.41) is 0. The maximum atomic E-state index is 12.4. The number of ether oxygens (including phenoxy) is 4. The number of rotatable bonds is 5. The van der Waals surface area contributed by atoms with E-state index in [9.17, 15) is 14.4 Å². The van der Waals surface area contributed by atoms with Crippen LogP contribution in [0.4, 0.5) is 0 Å². The summed E-state index contributed by atoms with van der Waals surface area (Å²) < 4.78 is 20.9. The molecule has 0 radical (unpaired) electrons. The molecule has 130 valence electrons. The van der Waals surface area contributed by atoms with E-state index in [1.54, 1.807) is 31.4 Å². The highest BCUT2D eigenvalue weighted by atomic mass is 16.6. The van der Waals surface area contributed by atoms with Crippen LogP contribution in [0, 0.1) is 0 Å². The number of benzene rings is 1. The lowest BCUT2D eigenvalue weighted by molar-refractivity contribution is -0.186. The van der Waals surface area contributed by atoms with Gasteiger partial charge in [0.1, 0.15) is 18.5 Å². The molecule has 0 spiro atoms. The summed E-state index contributed by atoms with van der Waals surface area (Å²) in [7, 11) is 1.56. The van der Waals surface area contributed by atoms with Gasteiger partial charge in [-0.05, 0) is 17.7 Å². The van der Waals surface area contributed by atoms with Crippen molar-refractivity contribution in [3.63, 3.8) is 0 Å². The first kappa shape index (κ1) is 17.9. The van der Waals surface area contributed by atoms with Crippen molar-refractivity contribution in [2.45, 2.75) is 38.6 Å². The number of Topliss-reactive ketones (excluding diaryl/α,β-unsaturated/α-hetero) is 1. The summed E-state index contributed by atoms with van der Waals surface area (Å²) in [5.41, 5.74) is 0.790. The molecule has 0 N–H and O–H groups in total. The van der Waals surface area contributed by atoms with Crippen molar-refractivity contribution in [2.24, 2.45) is 0 Å². The third kappa shape index (κ3) is 4.55. The normalized spacial score (nSPS) is 23.5. The number of hydrogen-bond acceptors (Lipinski definition) is 7. The van der Waals surface area contributed by atoms with Crippen molar-refractivity contribution < 1.29 is 33.3 Å². The Bertz CT molecular complexity index is 608. The summed E-state index contributed by atoms with van der Waals surface area (Å²) in [5.74, 6) is -0.670. The maximum Gasteiger partial charge on any atom is 0.303 e. The molecule has 1 aromatic rings. The second kappa shape index (κ2) is 7.92. The van der Waals surface area contributed by atoms with Crippen LogP contribution in [0.2, 0.25) is 0 Å². The first-order valence-electron chi connectivity index (χ1n) is 7.53. The number of carbonyl (C=O) groups is 3. The molecule has 0 aliphatic carbocycles. The highest BCUT2D eigenvalue weighted by Gasteiger charge is 2.41. The molecule has 0 bridgehead atoms. The summed E-state index contributed by atoms with van der Waals surface area (Å²) >= 11 is 0. The summed E-state index contributed by atoms with van der Waals surface area (Å²) in [4.78, 5) is 34.6. The first-order chi connectivity index (χ1) is 11.4. The molecule has 0 aromatic heterocycles. The maximum absolute atomic E-state index is 12.4. The minimum atomic E-state index is -1.07. The van der Waals surface area contributed by atoms with E-state index >= 15 is 0 Å². The molecule has 1 heterocycles. The highest BCUT2D eigenvalue weighted by molar-refractivity contribution is 5.87. The van der Waals surface area contributed by atoms with Crippen LogP contribution in [0.25, 0.3) is 0 Å². The predicted octanol–water partition coefficient (Wildman–Crippen LogP) is 1.59. The van der Waals surface area contributed by atoms with Crippen molar-refractivity contribution in [2.75, 3.05) is 13.7 Å². The second-order valence-electron chi connectivity index (χ2n) is 5.44. The molecule has 1 aromatic carbocycles. The summed E-state index contributed by atoms with van der Waals surface area (Å²) in [6, 6.07) is 7.13. The molecule has 0 amide bonds. The number of hydrogen-bond donors (Lipinski definition) is 0. The Morgan fingerprint density at radius 2 is 1.83 bits per heavy atom. The largest absolute Gasteiger partial charge is 0.497 e. The van der Waals surface area contributed by atoms with E-state index in [0.717, 1.165) is 5.56 Å². The Morgan fingerprint density at radius 3 is 2.38 bits per heavy atom. The van der Waals surface area contributed by atoms with Gasteiger partial charge in [-0.15, -0.1) is 0 Å². The molecule has 2 rings (SSSR count). The van der Waals surface area contributed by atoms with Crippen molar-refractivity contribution in [3.05, 3.63) is 29.8 Å². The average molecular weight is 336 g/mol. The van der Waals surface area contributed by atoms with Crippen molar-refractivity contribution in [1.29, 1.82) is 0 Å². The minimum absolute atomic E-state index is 0.0703. The monoisotopic (exact) mass is 336 g/mol. The number of esters is 2. The molecule has 0 saturated carbocycles. The van der Waals surface area contributed by atoms with Crippen LogP contribution in [-0.2, 0) is 28.6 Å². The lowest BCUT2D eigenvalue weighted by Crippen LogP contribution is -2.47. The lowest BCUT2D eigenvalue weighted by Gasteiger charge is -2.34. The Labute approximate surface area is 139 Å². The van der Waals surface area contributed by atoms with Crippen molar-refractivity contribution in [1.82, 2.24) is 0 Å². The van der Waals surface area contributed by atoms with Gasteiger partial charge in [-0.2, -0.15) is 0 Å². The Morgan fingerprint density at radius 1 is 1.17 bits per heavy atom. The molecule has 3 atom stereocenters. The first-order valence-corrected chi connectivity index (χ1v) is 7.53. The Balaban J connectivity index is 2.16. The fourth-order valence-electron chi connectivity index (χ4n) is 2.50. The van der Waals surface area contributed by atoms with Gasteiger partial charge in [0.15, 0.2) is 11.9 Å². The van der Waals surface area contributed by atoms with Crippen LogP contribution in [0.5, 0.6) is 5.75 Å². The van der Waals surface area contributed by atoms with E-state index in [0.29, 0.717) is 5.75 Å². The Kier molecular flexibility index (Phi) is 5.92. The van der Waals surface area contributed by atoms with Crippen LogP contribution in [0.1, 0.15) is 31.9 Å². The number of ketones is 1. The van der Waals surface area contributed by atoms with E-state index in [1.807, 2.05) is 0 Å². The summed E-state index contributed by atoms with van der Waals surface area (Å²) in [6.45, 7) is 2.31. The molecule has 7 heteroatoms. The van der Waals surface area contributed by atoms with E-state index in [4.69, 9.17) is 18.9 Å². The van der Waals surface area contributed by atoms with Gasteiger partial charge >= 0.3 is 11.9 Å². The second-order valence-corrected chi connectivity index (χ2v) is 5.44. The topological polar surface area (TPSA) is 88.1 Å².